The van der Waals surface area contributed by atoms with Crippen molar-refractivity contribution in [3.8, 4) is 5.75 Å². The second-order valence-electron chi connectivity index (χ2n) is 6.86. The molecule has 0 aromatic heterocycles. The molecule has 0 atom stereocenters. The van der Waals surface area contributed by atoms with Crippen molar-refractivity contribution in [1.82, 2.24) is 15.1 Å². The van der Waals surface area contributed by atoms with Crippen LogP contribution in [0.5, 0.6) is 5.75 Å². The summed E-state index contributed by atoms with van der Waals surface area (Å²) in [5.41, 5.74) is 0.473. The van der Waals surface area contributed by atoms with Crippen molar-refractivity contribution < 1.29 is 14.3 Å². The fourth-order valence-corrected chi connectivity index (χ4v) is 3.29. The summed E-state index contributed by atoms with van der Waals surface area (Å²) in [6, 6.07) is 7.11. The summed E-state index contributed by atoms with van der Waals surface area (Å²) in [7, 11) is 0. The number of hydrogen-bond donors (Lipinski definition) is 1. The van der Waals surface area contributed by atoms with Crippen LogP contribution in [0.1, 0.15) is 49.9 Å². The number of carbonyl (C=O) groups is 2. The molecule has 1 heterocycles. The Hall–Kier alpha value is -2.08. The molecule has 1 fully saturated rings. The Labute approximate surface area is 162 Å². The second kappa shape index (κ2) is 11.6. The summed E-state index contributed by atoms with van der Waals surface area (Å²) in [6.07, 6.45) is 4.47. The minimum absolute atomic E-state index is 0.00588. The highest BCUT2D eigenvalue weighted by Crippen LogP contribution is 2.18. The van der Waals surface area contributed by atoms with Crippen LogP contribution in [0.4, 0.5) is 0 Å². The number of nitrogens with one attached hydrogen (secondary N) is 1. The molecule has 1 N–H and O–H groups in total. The first-order valence-electron chi connectivity index (χ1n) is 10.2. The molecule has 1 aliphatic rings. The summed E-state index contributed by atoms with van der Waals surface area (Å²) in [5, 5.41) is 2.94. The molecule has 6 nitrogen and oxygen atoms in total. The fourth-order valence-electron chi connectivity index (χ4n) is 3.29. The van der Waals surface area contributed by atoms with Gasteiger partial charge < -0.3 is 19.9 Å². The SMILES string of the molecule is CCN(CC)CCNC(=O)c1ccccc1OCC(=O)N1CCCCCC1. The van der Waals surface area contributed by atoms with E-state index in [1.165, 1.54) is 12.8 Å². The zero-order valence-corrected chi connectivity index (χ0v) is 16.7. The maximum atomic E-state index is 12.5. The maximum Gasteiger partial charge on any atom is 0.260 e. The zero-order chi connectivity index (χ0) is 19.5. The van der Waals surface area contributed by atoms with Gasteiger partial charge in [0.2, 0.25) is 0 Å². The molecular weight excluding hydrogens is 342 g/mol. The van der Waals surface area contributed by atoms with E-state index in [0.717, 1.165) is 45.6 Å². The van der Waals surface area contributed by atoms with Crippen LogP contribution in [0.25, 0.3) is 0 Å². The molecule has 27 heavy (non-hydrogen) atoms. The Balaban J connectivity index is 1.88. The average Bonchev–Trinajstić information content (AvgIpc) is 2.99. The summed E-state index contributed by atoms with van der Waals surface area (Å²) < 4.78 is 5.72. The molecule has 6 heteroatoms. The van der Waals surface area contributed by atoms with E-state index in [1.54, 1.807) is 12.1 Å². The predicted octanol–water partition coefficient (Wildman–Crippen LogP) is 2.54. The van der Waals surface area contributed by atoms with Crippen LogP contribution in [-0.2, 0) is 4.79 Å². The molecule has 150 valence electrons. The van der Waals surface area contributed by atoms with Gasteiger partial charge in [-0.3, -0.25) is 9.59 Å². The first-order chi connectivity index (χ1) is 13.2. The Kier molecular flexibility index (Phi) is 9.11. The quantitative estimate of drug-likeness (QED) is 0.720. The van der Waals surface area contributed by atoms with Crippen molar-refractivity contribution in [3.05, 3.63) is 29.8 Å². The van der Waals surface area contributed by atoms with E-state index in [0.29, 0.717) is 17.9 Å². The lowest BCUT2D eigenvalue weighted by molar-refractivity contribution is -0.133. The summed E-state index contributed by atoms with van der Waals surface area (Å²) in [5.74, 6) is 0.287. The van der Waals surface area contributed by atoms with Gasteiger partial charge in [-0.15, -0.1) is 0 Å². The number of ether oxygens (including phenoxy) is 1. The lowest BCUT2D eigenvalue weighted by Crippen LogP contribution is -2.36. The number of carbonyl (C=O) groups excluding carboxylic acids is 2. The number of likely N-dealkylation sites (N-methyl/N-ethyl adjacent to an activating group) is 1. The molecule has 0 bridgehead atoms. The smallest absolute Gasteiger partial charge is 0.260 e. The Morgan fingerprint density at radius 2 is 1.74 bits per heavy atom. The van der Waals surface area contributed by atoms with Gasteiger partial charge in [-0.05, 0) is 38.1 Å². The average molecular weight is 376 g/mol. The number of rotatable bonds is 9. The monoisotopic (exact) mass is 375 g/mol. The maximum absolute atomic E-state index is 12.5. The molecule has 1 aliphatic heterocycles. The largest absolute Gasteiger partial charge is 0.483 e. The van der Waals surface area contributed by atoms with Crippen LogP contribution in [-0.4, -0.2) is 67.5 Å². The predicted molar refractivity (Wildman–Crippen MR) is 107 cm³/mol. The third kappa shape index (κ3) is 6.86. The number of hydrogen-bond acceptors (Lipinski definition) is 4. The van der Waals surface area contributed by atoms with Crippen LogP contribution >= 0.6 is 0 Å². The van der Waals surface area contributed by atoms with E-state index in [-0.39, 0.29) is 18.4 Å². The number of para-hydroxylation sites is 1. The standard InChI is InChI=1S/C21H33N3O3/c1-3-23(4-2)16-13-22-21(26)18-11-7-8-12-19(18)27-17-20(25)24-14-9-5-6-10-15-24/h7-8,11-12H,3-6,9-10,13-17H2,1-2H3,(H,22,26). The van der Waals surface area contributed by atoms with Crippen LogP contribution < -0.4 is 10.1 Å². The fraction of sp³-hybridized carbons (Fsp3) is 0.619. The van der Waals surface area contributed by atoms with Crippen LogP contribution in [0.3, 0.4) is 0 Å². The van der Waals surface area contributed by atoms with Gasteiger partial charge in [0.15, 0.2) is 6.61 Å². The Morgan fingerprint density at radius 1 is 1.07 bits per heavy atom. The van der Waals surface area contributed by atoms with Crippen molar-refractivity contribution in [3.63, 3.8) is 0 Å². The van der Waals surface area contributed by atoms with Gasteiger partial charge in [0.05, 0.1) is 5.56 Å². The van der Waals surface area contributed by atoms with Crippen molar-refractivity contribution in [2.75, 3.05) is 45.9 Å². The molecule has 2 rings (SSSR count). The number of amides is 2. The minimum atomic E-state index is -0.167. The van der Waals surface area contributed by atoms with E-state index in [2.05, 4.69) is 24.1 Å². The zero-order valence-electron chi connectivity index (χ0n) is 16.7. The molecule has 0 spiro atoms. The van der Waals surface area contributed by atoms with Crippen molar-refractivity contribution >= 4 is 11.8 Å². The summed E-state index contributed by atoms with van der Waals surface area (Å²) >= 11 is 0. The third-order valence-electron chi connectivity index (χ3n) is 5.05. The van der Waals surface area contributed by atoms with Gasteiger partial charge in [-0.1, -0.05) is 38.8 Å². The normalized spacial score (nSPS) is 14.7. The molecule has 2 amide bonds. The molecule has 0 saturated carbocycles. The first-order valence-corrected chi connectivity index (χ1v) is 10.2. The van der Waals surface area contributed by atoms with Crippen LogP contribution in [0, 0.1) is 0 Å². The lowest BCUT2D eigenvalue weighted by atomic mass is 10.2. The molecule has 0 radical (unpaired) electrons. The van der Waals surface area contributed by atoms with Crippen molar-refractivity contribution in [2.24, 2.45) is 0 Å². The Bertz CT molecular complexity index is 594. The summed E-state index contributed by atoms with van der Waals surface area (Å²) in [6.45, 7) is 9.12. The second-order valence-corrected chi connectivity index (χ2v) is 6.86. The van der Waals surface area contributed by atoms with Gasteiger partial charge in [0.1, 0.15) is 5.75 Å². The Morgan fingerprint density at radius 3 is 2.41 bits per heavy atom. The highest BCUT2D eigenvalue weighted by Gasteiger charge is 2.18. The van der Waals surface area contributed by atoms with Gasteiger partial charge in [0.25, 0.3) is 11.8 Å². The molecule has 1 saturated heterocycles. The minimum Gasteiger partial charge on any atom is -0.483 e. The van der Waals surface area contributed by atoms with Gasteiger partial charge in [-0.25, -0.2) is 0 Å². The van der Waals surface area contributed by atoms with Crippen molar-refractivity contribution in [1.29, 1.82) is 0 Å². The lowest BCUT2D eigenvalue weighted by Gasteiger charge is -2.21. The third-order valence-corrected chi connectivity index (χ3v) is 5.05. The molecule has 0 aliphatic carbocycles. The summed E-state index contributed by atoms with van der Waals surface area (Å²) in [4.78, 5) is 29.1. The van der Waals surface area contributed by atoms with Gasteiger partial charge in [-0.2, -0.15) is 0 Å². The number of nitrogens with zero attached hydrogens (tertiary/aromatic N) is 2. The van der Waals surface area contributed by atoms with Gasteiger partial charge in [0, 0.05) is 26.2 Å². The molecule has 1 aromatic carbocycles. The van der Waals surface area contributed by atoms with E-state index in [1.807, 2.05) is 17.0 Å². The molecule has 1 aromatic rings. The van der Waals surface area contributed by atoms with Crippen LogP contribution in [0.2, 0.25) is 0 Å². The highest BCUT2D eigenvalue weighted by molar-refractivity contribution is 5.97. The molecular formula is C21H33N3O3. The van der Waals surface area contributed by atoms with E-state index < -0.39 is 0 Å². The van der Waals surface area contributed by atoms with E-state index in [4.69, 9.17) is 4.74 Å². The topological polar surface area (TPSA) is 61.9 Å². The molecule has 0 unspecified atom stereocenters. The first kappa shape index (κ1) is 21.2. The van der Waals surface area contributed by atoms with Crippen molar-refractivity contribution in [2.45, 2.75) is 39.5 Å². The van der Waals surface area contributed by atoms with E-state index >= 15 is 0 Å². The number of likely N-dealkylation sites (tertiary alicyclic amines) is 1. The van der Waals surface area contributed by atoms with E-state index in [9.17, 15) is 9.59 Å². The van der Waals surface area contributed by atoms with Gasteiger partial charge >= 0.3 is 0 Å². The van der Waals surface area contributed by atoms with Crippen LogP contribution in [0.15, 0.2) is 24.3 Å². The number of benzene rings is 1. The highest BCUT2D eigenvalue weighted by atomic mass is 16.5.